The van der Waals surface area contributed by atoms with Crippen LogP contribution in [0.5, 0.6) is 5.75 Å². The number of aliphatic hydroxyl groups excluding tert-OH is 2. The Morgan fingerprint density at radius 2 is 1.67 bits per heavy atom. The van der Waals surface area contributed by atoms with E-state index >= 15 is 0 Å². The van der Waals surface area contributed by atoms with Crippen molar-refractivity contribution < 1.29 is 58.1 Å². The van der Waals surface area contributed by atoms with E-state index in [1.807, 2.05) is 6.92 Å². The standard InChI is InChI=1S/C35H49NO12/c1-8-36-15-32(16-42-3)26-25(45-6)23-27(36)35(26,30(46-7)24(38)28(32)39)20-13-33(41)21(44-5)14-34(23,48-17(2)37)22(20)29(33)47-31(40)18-9-11-19(43-4)12-10-18/h9-12,20-30,38-39,41H,8,13-16H2,1-7H3/t20-,21+,22-,23+,24-,25+,26-,27-,28-,29-,30+,32-,33+,34-,35+/m1/s1. The quantitative estimate of drug-likeness (QED) is 0.297. The molecule has 1 saturated heterocycles. The number of aliphatic hydroxyl groups is 3. The summed E-state index contributed by atoms with van der Waals surface area (Å²) in [6.45, 7) is 4.52. The number of hydrogen-bond acceptors (Lipinski definition) is 13. The van der Waals surface area contributed by atoms with E-state index in [1.54, 1.807) is 38.5 Å². The number of benzene rings is 1. The van der Waals surface area contributed by atoms with Crippen LogP contribution in [0.25, 0.3) is 0 Å². The molecule has 1 spiro atoms. The average molecular weight is 676 g/mol. The predicted molar refractivity (Wildman–Crippen MR) is 167 cm³/mol. The molecule has 266 valence electrons. The summed E-state index contributed by atoms with van der Waals surface area (Å²) in [7, 11) is 7.77. The first-order valence-corrected chi connectivity index (χ1v) is 16.9. The second-order valence-corrected chi connectivity index (χ2v) is 14.8. The number of rotatable bonds is 10. The fraction of sp³-hybridized carbons (Fsp3) is 0.771. The normalized spacial score (nSPS) is 48.2. The SMILES string of the molecule is CCN1C[C@]2(COC)[C@H](O)[C@@H](O)[C@H](OC)[C@@]34[C@@H]5C[C@]6(O)[C@@H](OC)C[C@@](OC(C)=O)([C@H]5[C@H]6OC(=O)c5ccc(OC)cc5)[C@@H]([C@H](OC)[C@H]23)[C@@H]14. The Morgan fingerprint density at radius 3 is 2.23 bits per heavy atom. The van der Waals surface area contributed by atoms with E-state index in [2.05, 4.69) is 4.90 Å². The lowest BCUT2D eigenvalue weighted by Gasteiger charge is -2.70. The summed E-state index contributed by atoms with van der Waals surface area (Å²) in [6.07, 6.45) is -5.80. The molecule has 0 amide bonds. The van der Waals surface area contributed by atoms with Gasteiger partial charge in [0.25, 0.3) is 0 Å². The van der Waals surface area contributed by atoms with Crippen molar-refractivity contribution in [2.75, 3.05) is 55.2 Å². The predicted octanol–water partition coefficient (Wildman–Crippen LogP) is 0.657. The van der Waals surface area contributed by atoms with Gasteiger partial charge in [0.05, 0.1) is 43.7 Å². The average Bonchev–Trinajstić information content (AvgIpc) is 3.44. The molecule has 5 aliphatic carbocycles. The minimum absolute atomic E-state index is 0.110. The molecule has 0 aromatic heterocycles. The minimum Gasteiger partial charge on any atom is -0.497 e. The molecule has 0 radical (unpaired) electrons. The molecule has 48 heavy (non-hydrogen) atoms. The number of carbonyl (C=O) groups is 2. The highest BCUT2D eigenvalue weighted by Crippen LogP contribution is 2.80. The van der Waals surface area contributed by atoms with Crippen LogP contribution in [0.4, 0.5) is 0 Å². The van der Waals surface area contributed by atoms with Gasteiger partial charge in [0.1, 0.15) is 29.2 Å². The van der Waals surface area contributed by atoms with E-state index in [-0.39, 0.29) is 31.1 Å². The Hall–Kier alpha value is -2.36. The minimum atomic E-state index is -1.67. The first-order valence-electron chi connectivity index (χ1n) is 16.9. The molecule has 15 atom stereocenters. The highest BCUT2D eigenvalue weighted by Gasteiger charge is 2.91. The Morgan fingerprint density at radius 1 is 0.958 bits per heavy atom. The van der Waals surface area contributed by atoms with Crippen LogP contribution in [-0.4, -0.2) is 141 Å². The third-order valence-electron chi connectivity index (χ3n) is 13.5. The summed E-state index contributed by atoms with van der Waals surface area (Å²) in [4.78, 5) is 29.5. The Balaban J connectivity index is 1.49. The number of methoxy groups -OCH3 is 5. The maximum Gasteiger partial charge on any atom is 0.338 e. The van der Waals surface area contributed by atoms with Crippen molar-refractivity contribution >= 4 is 11.9 Å². The van der Waals surface area contributed by atoms with Crippen molar-refractivity contribution in [3.05, 3.63) is 29.8 Å². The number of esters is 2. The number of carbonyl (C=O) groups excluding carboxylic acids is 2. The Bertz CT molecular complexity index is 1430. The molecular weight excluding hydrogens is 626 g/mol. The second kappa shape index (κ2) is 11.6. The summed E-state index contributed by atoms with van der Waals surface area (Å²) >= 11 is 0. The van der Waals surface area contributed by atoms with E-state index < -0.39 is 94.3 Å². The molecule has 7 bridgehead atoms. The van der Waals surface area contributed by atoms with E-state index in [9.17, 15) is 24.9 Å². The van der Waals surface area contributed by atoms with Gasteiger partial charge in [-0.1, -0.05) is 6.92 Å². The number of fused-ring (bicyclic) bond motifs is 2. The van der Waals surface area contributed by atoms with Crippen LogP contribution in [0, 0.1) is 34.5 Å². The monoisotopic (exact) mass is 675 g/mol. The fourth-order valence-corrected chi connectivity index (χ4v) is 12.5. The van der Waals surface area contributed by atoms with Crippen molar-refractivity contribution in [3.8, 4) is 5.75 Å². The van der Waals surface area contributed by atoms with Crippen LogP contribution >= 0.6 is 0 Å². The molecule has 13 nitrogen and oxygen atoms in total. The first kappa shape index (κ1) is 34.1. The van der Waals surface area contributed by atoms with Crippen molar-refractivity contribution in [2.24, 2.45) is 34.5 Å². The molecule has 0 unspecified atom stereocenters. The zero-order chi connectivity index (χ0) is 34.6. The molecule has 1 aromatic carbocycles. The van der Waals surface area contributed by atoms with Gasteiger partial charge in [-0.25, -0.2) is 4.79 Å². The van der Waals surface area contributed by atoms with Crippen LogP contribution in [0.3, 0.4) is 0 Å². The van der Waals surface area contributed by atoms with Crippen molar-refractivity contribution in [1.82, 2.24) is 4.90 Å². The molecule has 5 saturated carbocycles. The molecule has 13 heteroatoms. The van der Waals surface area contributed by atoms with Gasteiger partial charge in [-0.05, 0) is 43.1 Å². The third kappa shape index (κ3) is 3.96. The molecule has 6 aliphatic rings. The van der Waals surface area contributed by atoms with Gasteiger partial charge in [0, 0.05) is 83.0 Å². The Labute approximate surface area is 280 Å². The highest BCUT2D eigenvalue weighted by molar-refractivity contribution is 5.89. The third-order valence-corrected chi connectivity index (χ3v) is 13.5. The Kier molecular flexibility index (Phi) is 8.24. The summed E-state index contributed by atoms with van der Waals surface area (Å²) in [6, 6.07) is 6.15. The molecule has 1 aromatic rings. The van der Waals surface area contributed by atoms with Gasteiger partial charge in [-0.2, -0.15) is 0 Å². The van der Waals surface area contributed by atoms with Gasteiger partial charge in [-0.3, -0.25) is 9.69 Å². The van der Waals surface area contributed by atoms with Crippen molar-refractivity contribution in [3.63, 3.8) is 0 Å². The van der Waals surface area contributed by atoms with Crippen LogP contribution in [-0.2, 0) is 33.2 Å². The molecule has 1 heterocycles. The summed E-state index contributed by atoms with van der Waals surface area (Å²) in [5, 5.41) is 36.9. The van der Waals surface area contributed by atoms with Crippen LogP contribution in [0.1, 0.15) is 37.0 Å². The summed E-state index contributed by atoms with van der Waals surface area (Å²) in [5.74, 6) is -2.83. The maximum atomic E-state index is 13.9. The molecular formula is C35H49NO12. The zero-order valence-corrected chi connectivity index (χ0v) is 28.7. The fourth-order valence-electron chi connectivity index (χ4n) is 12.5. The zero-order valence-electron chi connectivity index (χ0n) is 28.7. The van der Waals surface area contributed by atoms with Crippen LogP contribution in [0.15, 0.2) is 24.3 Å². The topological polar surface area (TPSA) is 163 Å². The number of hydrogen-bond donors (Lipinski definition) is 3. The molecule has 1 aliphatic heterocycles. The van der Waals surface area contributed by atoms with E-state index in [4.69, 9.17) is 33.2 Å². The van der Waals surface area contributed by atoms with Crippen LogP contribution in [0.2, 0.25) is 0 Å². The lowest BCUT2D eigenvalue weighted by atomic mass is 9.42. The lowest BCUT2D eigenvalue weighted by molar-refractivity contribution is -0.324. The molecule has 3 N–H and O–H groups in total. The number of nitrogens with zero attached hydrogens (tertiary/aromatic N) is 1. The maximum absolute atomic E-state index is 13.9. The number of piperidine rings is 1. The summed E-state index contributed by atoms with van der Waals surface area (Å²) < 4.78 is 42.9. The second-order valence-electron chi connectivity index (χ2n) is 14.8. The van der Waals surface area contributed by atoms with Gasteiger partial charge in [0.2, 0.25) is 0 Å². The van der Waals surface area contributed by atoms with E-state index in [0.29, 0.717) is 18.8 Å². The van der Waals surface area contributed by atoms with E-state index in [1.165, 1.54) is 28.3 Å². The van der Waals surface area contributed by atoms with Crippen molar-refractivity contribution in [1.29, 1.82) is 0 Å². The van der Waals surface area contributed by atoms with Crippen LogP contribution < -0.4 is 4.74 Å². The van der Waals surface area contributed by atoms with Gasteiger partial charge < -0.3 is 48.5 Å². The smallest absolute Gasteiger partial charge is 0.338 e. The van der Waals surface area contributed by atoms with Gasteiger partial charge in [0.15, 0.2) is 0 Å². The van der Waals surface area contributed by atoms with Crippen molar-refractivity contribution in [2.45, 2.75) is 80.6 Å². The van der Waals surface area contributed by atoms with E-state index in [0.717, 1.165) is 0 Å². The first-order chi connectivity index (χ1) is 22.9. The summed E-state index contributed by atoms with van der Waals surface area (Å²) in [5.41, 5.74) is -4.68. The largest absolute Gasteiger partial charge is 0.497 e. The number of ether oxygens (including phenoxy) is 7. The molecule has 6 fully saturated rings. The highest BCUT2D eigenvalue weighted by atomic mass is 16.6. The number of likely N-dealkylation sites (tertiary alicyclic amines) is 1. The van der Waals surface area contributed by atoms with Gasteiger partial charge in [-0.15, -0.1) is 0 Å². The molecule has 7 rings (SSSR count). The van der Waals surface area contributed by atoms with Gasteiger partial charge >= 0.3 is 11.9 Å². The lowest BCUT2D eigenvalue weighted by Crippen LogP contribution is -2.82.